The molecule has 80 valence electrons. The van der Waals surface area contributed by atoms with Crippen LogP contribution in [-0.2, 0) is 4.74 Å². The van der Waals surface area contributed by atoms with E-state index in [-0.39, 0.29) is 12.6 Å². The highest BCUT2D eigenvalue weighted by Gasteiger charge is 2.14. The van der Waals surface area contributed by atoms with Gasteiger partial charge in [-0.1, -0.05) is 13.8 Å². The van der Waals surface area contributed by atoms with Crippen molar-refractivity contribution in [1.29, 1.82) is 0 Å². The van der Waals surface area contributed by atoms with E-state index in [0.717, 1.165) is 6.61 Å². The van der Waals surface area contributed by atoms with E-state index in [1.54, 1.807) is 0 Å². The van der Waals surface area contributed by atoms with E-state index < -0.39 is 0 Å². The highest BCUT2D eigenvalue weighted by Crippen LogP contribution is 2.01. The van der Waals surface area contributed by atoms with Gasteiger partial charge in [-0.05, 0) is 19.8 Å². The maximum Gasteiger partial charge on any atom is 0.0616 e. The van der Waals surface area contributed by atoms with Gasteiger partial charge in [0.05, 0.1) is 13.2 Å². The molecular formula is C10H23NO2. The molecule has 0 amide bonds. The van der Waals surface area contributed by atoms with E-state index in [1.165, 1.54) is 0 Å². The monoisotopic (exact) mass is 189 g/mol. The molecule has 0 aliphatic rings. The fourth-order valence-corrected chi connectivity index (χ4v) is 1.16. The van der Waals surface area contributed by atoms with E-state index in [9.17, 15) is 0 Å². The van der Waals surface area contributed by atoms with Gasteiger partial charge in [-0.15, -0.1) is 0 Å². The lowest BCUT2D eigenvalue weighted by Gasteiger charge is -2.24. The summed E-state index contributed by atoms with van der Waals surface area (Å²) in [6.45, 7) is 9.90. The Morgan fingerprint density at radius 3 is 2.31 bits per heavy atom. The maximum atomic E-state index is 9.07. The zero-order valence-electron chi connectivity index (χ0n) is 9.21. The minimum atomic E-state index is 0.176. The highest BCUT2D eigenvalue weighted by molar-refractivity contribution is 4.73. The van der Waals surface area contributed by atoms with Crippen molar-refractivity contribution in [3.63, 3.8) is 0 Å². The number of aliphatic hydroxyl groups excluding tert-OH is 1. The highest BCUT2D eigenvalue weighted by atomic mass is 16.5. The standard InChI is InChI=1S/C10H23NO2/c1-5-13-7-9(4)11-10(6-12)8(2)3/h8-12H,5-7H2,1-4H3/t9?,10-/m1/s1. The molecule has 2 atom stereocenters. The molecule has 0 spiro atoms. The van der Waals surface area contributed by atoms with Crippen molar-refractivity contribution >= 4 is 0 Å². The van der Waals surface area contributed by atoms with Crippen molar-refractivity contribution in [2.45, 2.75) is 39.8 Å². The first-order chi connectivity index (χ1) is 6.11. The number of aliphatic hydroxyl groups is 1. The lowest BCUT2D eigenvalue weighted by atomic mass is 10.0. The summed E-state index contributed by atoms with van der Waals surface area (Å²) in [5.74, 6) is 0.453. The number of rotatable bonds is 7. The molecule has 0 fully saturated rings. The molecule has 3 heteroatoms. The molecule has 0 aromatic rings. The molecule has 0 heterocycles. The van der Waals surface area contributed by atoms with E-state index in [4.69, 9.17) is 9.84 Å². The summed E-state index contributed by atoms with van der Waals surface area (Å²) in [6, 6.07) is 0.481. The molecule has 0 rings (SSSR count). The minimum absolute atomic E-state index is 0.176. The van der Waals surface area contributed by atoms with Crippen LogP contribution in [0.4, 0.5) is 0 Å². The van der Waals surface area contributed by atoms with Crippen LogP contribution in [0.15, 0.2) is 0 Å². The normalized spacial score (nSPS) is 16.2. The summed E-state index contributed by atoms with van der Waals surface area (Å²) < 4.78 is 5.28. The number of hydrogen-bond donors (Lipinski definition) is 2. The van der Waals surface area contributed by atoms with Crippen molar-refractivity contribution in [3.8, 4) is 0 Å². The molecule has 13 heavy (non-hydrogen) atoms. The van der Waals surface area contributed by atoms with E-state index in [1.807, 2.05) is 6.92 Å². The Morgan fingerprint density at radius 2 is 1.92 bits per heavy atom. The van der Waals surface area contributed by atoms with E-state index >= 15 is 0 Å². The van der Waals surface area contributed by atoms with Crippen molar-refractivity contribution < 1.29 is 9.84 Å². The Kier molecular flexibility index (Phi) is 7.23. The fourth-order valence-electron chi connectivity index (χ4n) is 1.16. The van der Waals surface area contributed by atoms with Gasteiger partial charge >= 0.3 is 0 Å². The molecule has 1 unspecified atom stereocenters. The Hall–Kier alpha value is -0.120. The van der Waals surface area contributed by atoms with E-state index in [2.05, 4.69) is 26.1 Å². The number of ether oxygens (including phenoxy) is 1. The van der Waals surface area contributed by atoms with Gasteiger partial charge < -0.3 is 15.2 Å². The second kappa shape index (κ2) is 7.30. The Bertz CT molecular complexity index is 117. The molecule has 0 radical (unpaired) electrons. The first kappa shape index (κ1) is 12.9. The fraction of sp³-hybridized carbons (Fsp3) is 1.00. The van der Waals surface area contributed by atoms with Gasteiger partial charge in [0.15, 0.2) is 0 Å². The van der Waals surface area contributed by atoms with Crippen LogP contribution >= 0.6 is 0 Å². The molecule has 0 saturated carbocycles. The van der Waals surface area contributed by atoms with Gasteiger partial charge in [-0.3, -0.25) is 0 Å². The van der Waals surface area contributed by atoms with Gasteiger partial charge in [0.25, 0.3) is 0 Å². The molecule has 0 aliphatic carbocycles. The summed E-state index contributed by atoms with van der Waals surface area (Å²) >= 11 is 0. The molecule has 3 nitrogen and oxygen atoms in total. The third-order valence-electron chi connectivity index (χ3n) is 2.07. The average Bonchev–Trinajstić information content (AvgIpc) is 2.10. The average molecular weight is 189 g/mol. The molecule has 2 N–H and O–H groups in total. The van der Waals surface area contributed by atoms with Crippen LogP contribution in [0.25, 0.3) is 0 Å². The van der Waals surface area contributed by atoms with Crippen LogP contribution in [-0.4, -0.2) is 37.0 Å². The van der Waals surface area contributed by atoms with Crippen molar-refractivity contribution in [2.75, 3.05) is 19.8 Å². The van der Waals surface area contributed by atoms with Crippen LogP contribution in [0.5, 0.6) is 0 Å². The van der Waals surface area contributed by atoms with Gasteiger partial charge in [0.1, 0.15) is 0 Å². The topological polar surface area (TPSA) is 41.5 Å². The lowest BCUT2D eigenvalue weighted by molar-refractivity contribution is 0.112. The summed E-state index contributed by atoms with van der Waals surface area (Å²) in [7, 11) is 0. The van der Waals surface area contributed by atoms with E-state index in [0.29, 0.717) is 18.6 Å². The maximum absolute atomic E-state index is 9.07. The van der Waals surface area contributed by atoms with Crippen LogP contribution in [0.2, 0.25) is 0 Å². The molecule has 0 aromatic heterocycles. The second-order valence-electron chi connectivity index (χ2n) is 3.76. The second-order valence-corrected chi connectivity index (χ2v) is 3.76. The third-order valence-corrected chi connectivity index (χ3v) is 2.07. The molecule has 0 aliphatic heterocycles. The van der Waals surface area contributed by atoms with Gasteiger partial charge in [0.2, 0.25) is 0 Å². The van der Waals surface area contributed by atoms with Crippen LogP contribution in [0, 0.1) is 5.92 Å². The quantitative estimate of drug-likeness (QED) is 0.628. The SMILES string of the molecule is CCOCC(C)N[C@H](CO)C(C)C. The van der Waals surface area contributed by atoms with Crippen LogP contribution < -0.4 is 5.32 Å². The Labute approximate surface area is 81.5 Å². The largest absolute Gasteiger partial charge is 0.395 e. The smallest absolute Gasteiger partial charge is 0.0616 e. The van der Waals surface area contributed by atoms with Gasteiger partial charge in [0, 0.05) is 18.7 Å². The first-order valence-corrected chi connectivity index (χ1v) is 5.06. The zero-order chi connectivity index (χ0) is 10.3. The summed E-state index contributed by atoms with van der Waals surface area (Å²) in [6.07, 6.45) is 0. The third kappa shape index (κ3) is 6.02. The van der Waals surface area contributed by atoms with Crippen LogP contribution in [0.3, 0.4) is 0 Å². The Balaban J connectivity index is 3.66. The van der Waals surface area contributed by atoms with Gasteiger partial charge in [-0.25, -0.2) is 0 Å². The summed E-state index contributed by atoms with van der Waals surface area (Å²) in [5, 5.41) is 12.4. The predicted molar refractivity (Wildman–Crippen MR) is 54.8 cm³/mol. The van der Waals surface area contributed by atoms with Gasteiger partial charge in [-0.2, -0.15) is 0 Å². The zero-order valence-corrected chi connectivity index (χ0v) is 9.21. The molecule has 0 saturated heterocycles. The van der Waals surface area contributed by atoms with Crippen molar-refractivity contribution in [2.24, 2.45) is 5.92 Å². The van der Waals surface area contributed by atoms with Crippen molar-refractivity contribution in [3.05, 3.63) is 0 Å². The number of hydrogen-bond acceptors (Lipinski definition) is 3. The minimum Gasteiger partial charge on any atom is -0.395 e. The molecule has 0 aromatic carbocycles. The van der Waals surface area contributed by atoms with Crippen LogP contribution in [0.1, 0.15) is 27.7 Å². The number of nitrogens with one attached hydrogen (secondary N) is 1. The Morgan fingerprint density at radius 1 is 1.31 bits per heavy atom. The lowest BCUT2D eigenvalue weighted by Crippen LogP contribution is -2.44. The molecule has 0 bridgehead atoms. The molecular weight excluding hydrogens is 166 g/mol. The van der Waals surface area contributed by atoms with Crippen molar-refractivity contribution in [1.82, 2.24) is 5.32 Å². The predicted octanol–water partition coefficient (Wildman–Crippen LogP) is 1.02. The summed E-state index contributed by atoms with van der Waals surface area (Å²) in [5.41, 5.74) is 0. The first-order valence-electron chi connectivity index (χ1n) is 5.06. The summed E-state index contributed by atoms with van der Waals surface area (Å²) in [4.78, 5) is 0.